The fourth-order valence-electron chi connectivity index (χ4n) is 2.68. The molecule has 0 radical (unpaired) electrons. The molecule has 2 nitrogen and oxygen atoms in total. The van der Waals surface area contributed by atoms with Crippen LogP contribution >= 0.6 is 0 Å². The average Bonchev–Trinajstić information content (AvgIpc) is 3.10. The van der Waals surface area contributed by atoms with E-state index in [0.29, 0.717) is 5.41 Å². The van der Waals surface area contributed by atoms with Crippen molar-refractivity contribution in [1.82, 2.24) is 10.6 Å². The molecule has 0 bridgehead atoms. The molecular weight excluding hydrogens is 184 g/mol. The van der Waals surface area contributed by atoms with Gasteiger partial charge in [0.2, 0.25) is 0 Å². The Morgan fingerprint density at radius 3 is 2.60 bits per heavy atom. The first-order valence-corrected chi connectivity index (χ1v) is 6.76. The van der Waals surface area contributed by atoms with Gasteiger partial charge in [-0.05, 0) is 56.7 Å². The Balaban J connectivity index is 1.64. The second-order valence-corrected chi connectivity index (χ2v) is 5.51. The lowest BCUT2D eigenvalue weighted by molar-refractivity contribution is 0.186. The third-order valence-electron chi connectivity index (χ3n) is 4.34. The number of rotatable bonds is 6. The highest BCUT2D eigenvalue weighted by Crippen LogP contribution is 2.33. The molecule has 1 heterocycles. The van der Waals surface area contributed by atoms with Crippen LogP contribution in [0.1, 0.15) is 45.4 Å². The minimum Gasteiger partial charge on any atom is -0.317 e. The summed E-state index contributed by atoms with van der Waals surface area (Å²) in [6.45, 7) is 7.29. The quantitative estimate of drug-likeness (QED) is 0.657. The summed E-state index contributed by atoms with van der Waals surface area (Å²) in [5.41, 5.74) is 0.606. The number of hydrogen-bond donors (Lipinski definition) is 2. The molecule has 88 valence electrons. The Kier molecular flexibility index (Phi) is 4.04. The summed E-state index contributed by atoms with van der Waals surface area (Å²) in [7, 11) is 0. The van der Waals surface area contributed by atoms with E-state index in [4.69, 9.17) is 0 Å². The van der Waals surface area contributed by atoms with Gasteiger partial charge in [0.25, 0.3) is 0 Å². The summed E-state index contributed by atoms with van der Waals surface area (Å²) in [5.74, 6) is 1.07. The molecule has 0 spiro atoms. The number of hydrogen-bond acceptors (Lipinski definition) is 2. The zero-order chi connectivity index (χ0) is 10.6. The van der Waals surface area contributed by atoms with Crippen LogP contribution in [-0.4, -0.2) is 26.2 Å². The van der Waals surface area contributed by atoms with E-state index in [9.17, 15) is 0 Å². The van der Waals surface area contributed by atoms with E-state index in [0.717, 1.165) is 5.92 Å². The molecule has 0 aromatic carbocycles. The van der Waals surface area contributed by atoms with Crippen LogP contribution in [0.25, 0.3) is 0 Å². The van der Waals surface area contributed by atoms with Gasteiger partial charge in [0.05, 0.1) is 0 Å². The van der Waals surface area contributed by atoms with Gasteiger partial charge in [-0.15, -0.1) is 0 Å². The highest BCUT2D eigenvalue weighted by molar-refractivity contribution is 4.85. The Labute approximate surface area is 94.2 Å². The van der Waals surface area contributed by atoms with Crippen molar-refractivity contribution < 1.29 is 0 Å². The third-order valence-corrected chi connectivity index (χ3v) is 4.34. The van der Waals surface area contributed by atoms with Crippen LogP contribution in [0.5, 0.6) is 0 Å². The van der Waals surface area contributed by atoms with Gasteiger partial charge in [-0.3, -0.25) is 0 Å². The Morgan fingerprint density at radius 2 is 2.00 bits per heavy atom. The molecule has 1 aliphatic carbocycles. The van der Waals surface area contributed by atoms with E-state index in [2.05, 4.69) is 17.6 Å². The topological polar surface area (TPSA) is 24.1 Å². The van der Waals surface area contributed by atoms with Gasteiger partial charge in [0.1, 0.15) is 0 Å². The van der Waals surface area contributed by atoms with Gasteiger partial charge >= 0.3 is 0 Å². The lowest BCUT2D eigenvalue weighted by atomic mass is 9.76. The van der Waals surface area contributed by atoms with Gasteiger partial charge < -0.3 is 10.6 Å². The minimum atomic E-state index is 0.606. The molecule has 2 rings (SSSR count). The van der Waals surface area contributed by atoms with Gasteiger partial charge in [-0.25, -0.2) is 0 Å². The summed E-state index contributed by atoms with van der Waals surface area (Å²) in [6, 6.07) is 0. The highest BCUT2D eigenvalue weighted by atomic mass is 14.9. The second kappa shape index (κ2) is 5.31. The molecule has 0 unspecified atom stereocenters. The standard InChI is InChI=1S/C13H26N2/c1-2-13(6-9-14-10-7-13)11-15-8-5-12-3-4-12/h12,14-15H,2-11H2,1H3. The summed E-state index contributed by atoms with van der Waals surface area (Å²) >= 11 is 0. The molecule has 0 amide bonds. The molecule has 1 saturated carbocycles. The lowest BCUT2D eigenvalue weighted by Crippen LogP contribution is -2.43. The van der Waals surface area contributed by atoms with E-state index in [-0.39, 0.29) is 0 Å². The van der Waals surface area contributed by atoms with E-state index >= 15 is 0 Å². The number of nitrogens with one attached hydrogen (secondary N) is 2. The van der Waals surface area contributed by atoms with Crippen LogP contribution in [0.4, 0.5) is 0 Å². The molecule has 2 fully saturated rings. The average molecular weight is 210 g/mol. The van der Waals surface area contributed by atoms with Crippen molar-refractivity contribution in [2.45, 2.75) is 45.4 Å². The van der Waals surface area contributed by atoms with Crippen LogP contribution in [0.2, 0.25) is 0 Å². The lowest BCUT2D eigenvalue weighted by Gasteiger charge is -2.37. The summed E-state index contributed by atoms with van der Waals surface area (Å²) in [6.07, 6.45) is 8.46. The zero-order valence-corrected chi connectivity index (χ0v) is 10.1. The van der Waals surface area contributed by atoms with Crippen molar-refractivity contribution in [2.75, 3.05) is 26.2 Å². The summed E-state index contributed by atoms with van der Waals surface area (Å²) in [4.78, 5) is 0. The summed E-state index contributed by atoms with van der Waals surface area (Å²) in [5, 5.41) is 7.16. The largest absolute Gasteiger partial charge is 0.317 e. The van der Waals surface area contributed by atoms with Gasteiger partial charge in [-0.1, -0.05) is 19.8 Å². The molecular formula is C13H26N2. The van der Waals surface area contributed by atoms with Crippen LogP contribution in [0, 0.1) is 11.3 Å². The van der Waals surface area contributed by atoms with Crippen LogP contribution in [0.3, 0.4) is 0 Å². The van der Waals surface area contributed by atoms with E-state index < -0.39 is 0 Å². The molecule has 1 saturated heterocycles. The fourth-order valence-corrected chi connectivity index (χ4v) is 2.68. The third kappa shape index (κ3) is 3.46. The van der Waals surface area contributed by atoms with Crippen molar-refractivity contribution in [2.24, 2.45) is 11.3 Å². The normalized spacial score (nSPS) is 25.4. The summed E-state index contributed by atoms with van der Waals surface area (Å²) < 4.78 is 0. The Morgan fingerprint density at radius 1 is 1.27 bits per heavy atom. The predicted octanol–water partition coefficient (Wildman–Crippen LogP) is 2.16. The van der Waals surface area contributed by atoms with Crippen molar-refractivity contribution in [1.29, 1.82) is 0 Å². The molecule has 2 aliphatic rings. The van der Waals surface area contributed by atoms with Crippen LogP contribution < -0.4 is 10.6 Å². The van der Waals surface area contributed by atoms with E-state index in [1.54, 1.807) is 0 Å². The zero-order valence-electron chi connectivity index (χ0n) is 10.1. The van der Waals surface area contributed by atoms with Gasteiger partial charge in [-0.2, -0.15) is 0 Å². The monoisotopic (exact) mass is 210 g/mol. The molecule has 15 heavy (non-hydrogen) atoms. The molecule has 0 aromatic heterocycles. The molecule has 0 atom stereocenters. The highest BCUT2D eigenvalue weighted by Gasteiger charge is 2.29. The van der Waals surface area contributed by atoms with E-state index in [1.165, 1.54) is 64.7 Å². The van der Waals surface area contributed by atoms with Crippen LogP contribution in [-0.2, 0) is 0 Å². The van der Waals surface area contributed by atoms with E-state index in [1.807, 2.05) is 0 Å². The molecule has 2 N–H and O–H groups in total. The van der Waals surface area contributed by atoms with Crippen molar-refractivity contribution in [3.05, 3.63) is 0 Å². The molecule has 0 aromatic rings. The van der Waals surface area contributed by atoms with Crippen LogP contribution in [0.15, 0.2) is 0 Å². The Bertz CT molecular complexity index is 181. The van der Waals surface area contributed by atoms with Crippen molar-refractivity contribution >= 4 is 0 Å². The first-order valence-electron chi connectivity index (χ1n) is 6.76. The first kappa shape index (κ1) is 11.4. The maximum absolute atomic E-state index is 3.69. The van der Waals surface area contributed by atoms with Gasteiger partial charge in [0, 0.05) is 6.54 Å². The number of piperidine rings is 1. The predicted molar refractivity (Wildman–Crippen MR) is 65.0 cm³/mol. The smallest absolute Gasteiger partial charge is 0.000866 e. The molecule has 2 heteroatoms. The van der Waals surface area contributed by atoms with Gasteiger partial charge in [0.15, 0.2) is 0 Å². The van der Waals surface area contributed by atoms with Crippen molar-refractivity contribution in [3.63, 3.8) is 0 Å². The maximum Gasteiger partial charge on any atom is 0.000866 e. The molecule has 1 aliphatic heterocycles. The van der Waals surface area contributed by atoms with Crippen molar-refractivity contribution in [3.8, 4) is 0 Å². The Hall–Kier alpha value is -0.0800. The minimum absolute atomic E-state index is 0.606. The fraction of sp³-hybridized carbons (Fsp3) is 1.00. The second-order valence-electron chi connectivity index (χ2n) is 5.51. The first-order chi connectivity index (χ1) is 7.35. The SMILES string of the molecule is CCC1(CNCCC2CC2)CCNCC1. The maximum atomic E-state index is 3.69.